The minimum absolute atomic E-state index is 0.0621. The molecule has 1 aliphatic rings. The Balaban J connectivity index is 1.72. The minimum Gasteiger partial charge on any atom is -0.365 e. The lowest BCUT2D eigenvalue weighted by Gasteiger charge is -2.22. The Morgan fingerprint density at radius 3 is 2.50 bits per heavy atom. The highest BCUT2D eigenvalue weighted by atomic mass is 19.1. The molecule has 1 saturated heterocycles. The molecule has 0 bridgehead atoms. The Labute approximate surface area is 162 Å². The van der Waals surface area contributed by atoms with E-state index < -0.39 is 11.6 Å². The van der Waals surface area contributed by atoms with Crippen LogP contribution >= 0.6 is 0 Å². The Morgan fingerprint density at radius 2 is 1.82 bits per heavy atom. The molecule has 1 N–H and O–H groups in total. The summed E-state index contributed by atoms with van der Waals surface area (Å²) in [6, 6.07) is 10.4. The van der Waals surface area contributed by atoms with Crippen LogP contribution in [0.15, 0.2) is 42.5 Å². The molecular formula is C21H23F2N3O2. The SMILES string of the molecule is CCC(=O)N(C)c1ccccc1C(=O)NC1CCN(c2c(F)cccc2F)C1. The summed E-state index contributed by atoms with van der Waals surface area (Å²) in [5.41, 5.74) is 0.858. The van der Waals surface area contributed by atoms with Crippen molar-refractivity contribution < 1.29 is 18.4 Å². The number of nitrogens with zero attached hydrogens (tertiary/aromatic N) is 2. The molecule has 1 aliphatic heterocycles. The number of rotatable bonds is 5. The van der Waals surface area contributed by atoms with E-state index in [1.54, 1.807) is 43.1 Å². The predicted octanol–water partition coefficient (Wildman–Crippen LogP) is 3.35. The molecule has 1 fully saturated rings. The number of amides is 2. The number of carbonyl (C=O) groups is 2. The van der Waals surface area contributed by atoms with Crippen molar-refractivity contribution >= 4 is 23.2 Å². The fraction of sp³-hybridized carbons (Fsp3) is 0.333. The molecule has 0 radical (unpaired) electrons. The monoisotopic (exact) mass is 387 g/mol. The van der Waals surface area contributed by atoms with Gasteiger partial charge in [0, 0.05) is 32.6 Å². The second-order valence-corrected chi connectivity index (χ2v) is 6.80. The number of hydrogen-bond donors (Lipinski definition) is 1. The Hall–Kier alpha value is -2.96. The van der Waals surface area contributed by atoms with Gasteiger partial charge in [0.2, 0.25) is 5.91 Å². The van der Waals surface area contributed by atoms with Crippen molar-refractivity contribution in [2.75, 3.05) is 29.9 Å². The lowest BCUT2D eigenvalue weighted by atomic mass is 10.1. The van der Waals surface area contributed by atoms with Gasteiger partial charge in [0.25, 0.3) is 5.91 Å². The van der Waals surface area contributed by atoms with Crippen molar-refractivity contribution in [3.05, 3.63) is 59.7 Å². The number of para-hydroxylation sites is 2. The zero-order valence-electron chi connectivity index (χ0n) is 15.9. The van der Waals surface area contributed by atoms with Gasteiger partial charge in [-0.25, -0.2) is 8.78 Å². The molecule has 1 heterocycles. The first-order chi connectivity index (χ1) is 13.4. The summed E-state index contributed by atoms with van der Waals surface area (Å²) in [4.78, 5) is 27.9. The highest BCUT2D eigenvalue weighted by molar-refractivity contribution is 6.04. The third-order valence-corrected chi connectivity index (χ3v) is 4.96. The lowest BCUT2D eigenvalue weighted by molar-refractivity contribution is -0.118. The molecule has 1 atom stereocenters. The zero-order chi connectivity index (χ0) is 20.3. The van der Waals surface area contributed by atoms with Gasteiger partial charge in [0.1, 0.15) is 17.3 Å². The Bertz CT molecular complexity index is 867. The summed E-state index contributed by atoms with van der Waals surface area (Å²) in [5.74, 6) is -1.64. The molecule has 5 nitrogen and oxygen atoms in total. The molecule has 148 valence electrons. The van der Waals surface area contributed by atoms with E-state index in [-0.39, 0.29) is 23.5 Å². The quantitative estimate of drug-likeness (QED) is 0.856. The van der Waals surface area contributed by atoms with Crippen LogP contribution < -0.4 is 15.1 Å². The molecule has 1 unspecified atom stereocenters. The van der Waals surface area contributed by atoms with Crippen molar-refractivity contribution in [3.8, 4) is 0 Å². The van der Waals surface area contributed by atoms with E-state index in [2.05, 4.69) is 5.32 Å². The Morgan fingerprint density at radius 1 is 1.14 bits per heavy atom. The third-order valence-electron chi connectivity index (χ3n) is 4.96. The number of halogens is 2. The molecule has 2 aromatic carbocycles. The van der Waals surface area contributed by atoms with Crippen LogP contribution in [0.3, 0.4) is 0 Å². The normalized spacial score (nSPS) is 16.1. The van der Waals surface area contributed by atoms with Gasteiger partial charge in [-0.3, -0.25) is 9.59 Å². The largest absolute Gasteiger partial charge is 0.365 e. The van der Waals surface area contributed by atoms with Gasteiger partial charge in [0.05, 0.1) is 11.3 Å². The maximum absolute atomic E-state index is 14.0. The molecule has 0 saturated carbocycles. The van der Waals surface area contributed by atoms with Crippen LogP contribution in [0.25, 0.3) is 0 Å². The fourth-order valence-corrected chi connectivity index (χ4v) is 3.47. The summed E-state index contributed by atoms with van der Waals surface area (Å²) in [7, 11) is 1.64. The van der Waals surface area contributed by atoms with Crippen molar-refractivity contribution in [2.45, 2.75) is 25.8 Å². The van der Waals surface area contributed by atoms with E-state index in [1.807, 2.05) is 0 Å². The first-order valence-electron chi connectivity index (χ1n) is 9.27. The molecule has 2 amide bonds. The summed E-state index contributed by atoms with van der Waals surface area (Å²) in [5, 5.41) is 2.92. The van der Waals surface area contributed by atoms with Crippen LogP contribution in [0, 0.1) is 11.6 Å². The van der Waals surface area contributed by atoms with E-state index in [9.17, 15) is 18.4 Å². The predicted molar refractivity (Wildman–Crippen MR) is 105 cm³/mol. The number of benzene rings is 2. The molecule has 3 rings (SSSR count). The average molecular weight is 387 g/mol. The van der Waals surface area contributed by atoms with Gasteiger partial charge in [-0.05, 0) is 30.7 Å². The van der Waals surface area contributed by atoms with E-state index in [1.165, 1.54) is 23.1 Å². The first kappa shape index (κ1) is 19.8. The second-order valence-electron chi connectivity index (χ2n) is 6.80. The van der Waals surface area contributed by atoms with Crippen molar-refractivity contribution in [1.29, 1.82) is 0 Å². The molecule has 28 heavy (non-hydrogen) atoms. The van der Waals surface area contributed by atoms with E-state index in [0.717, 1.165) is 0 Å². The summed E-state index contributed by atoms with van der Waals surface area (Å²) >= 11 is 0. The molecule has 0 spiro atoms. The van der Waals surface area contributed by atoms with Gasteiger partial charge in [0.15, 0.2) is 0 Å². The number of carbonyl (C=O) groups excluding carboxylic acids is 2. The standard InChI is InChI=1S/C21H23F2N3O2/c1-3-19(27)25(2)18-10-5-4-7-15(18)21(28)24-14-11-12-26(13-14)20-16(22)8-6-9-17(20)23/h4-10,14H,3,11-13H2,1-2H3,(H,24,28). The summed E-state index contributed by atoms with van der Waals surface area (Å²) in [6.45, 7) is 2.52. The van der Waals surface area contributed by atoms with Crippen LogP contribution in [0.5, 0.6) is 0 Å². The van der Waals surface area contributed by atoms with Crippen molar-refractivity contribution in [2.24, 2.45) is 0 Å². The number of nitrogens with one attached hydrogen (secondary N) is 1. The zero-order valence-corrected chi connectivity index (χ0v) is 15.9. The lowest BCUT2D eigenvalue weighted by Crippen LogP contribution is -2.38. The molecule has 2 aromatic rings. The van der Waals surface area contributed by atoms with Crippen LogP contribution in [0.4, 0.5) is 20.2 Å². The van der Waals surface area contributed by atoms with Gasteiger partial charge in [-0.1, -0.05) is 25.1 Å². The first-order valence-corrected chi connectivity index (χ1v) is 9.27. The van der Waals surface area contributed by atoms with E-state index in [4.69, 9.17) is 0 Å². The fourth-order valence-electron chi connectivity index (χ4n) is 3.47. The molecular weight excluding hydrogens is 364 g/mol. The topological polar surface area (TPSA) is 52.7 Å². The van der Waals surface area contributed by atoms with Crippen LogP contribution in [0.1, 0.15) is 30.1 Å². The third kappa shape index (κ3) is 3.98. The minimum atomic E-state index is -0.614. The van der Waals surface area contributed by atoms with E-state index in [0.29, 0.717) is 37.2 Å². The van der Waals surface area contributed by atoms with Gasteiger partial charge >= 0.3 is 0 Å². The van der Waals surface area contributed by atoms with Crippen LogP contribution in [-0.4, -0.2) is 38.0 Å². The van der Waals surface area contributed by atoms with Crippen LogP contribution in [0.2, 0.25) is 0 Å². The smallest absolute Gasteiger partial charge is 0.253 e. The summed E-state index contributed by atoms with van der Waals surface area (Å²) in [6.07, 6.45) is 0.906. The van der Waals surface area contributed by atoms with Gasteiger partial charge in [-0.2, -0.15) is 0 Å². The highest BCUT2D eigenvalue weighted by Crippen LogP contribution is 2.27. The maximum atomic E-state index is 14.0. The van der Waals surface area contributed by atoms with Crippen molar-refractivity contribution in [3.63, 3.8) is 0 Å². The van der Waals surface area contributed by atoms with Crippen molar-refractivity contribution in [1.82, 2.24) is 5.32 Å². The molecule has 0 aromatic heterocycles. The Kier molecular flexibility index (Phi) is 5.92. The number of hydrogen-bond acceptors (Lipinski definition) is 3. The van der Waals surface area contributed by atoms with Gasteiger partial charge < -0.3 is 15.1 Å². The van der Waals surface area contributed by atoms with Crippen LogP contribution in [-0.2, 0) is 4.79 Å². The maximum Gasteiger partial charge on any atom is 0.253 e. The highest BCUT2D eigenvalue weighted by Gasteiger charge is 2.28. The average Bonchev–Trinajstić information content (AvgIpc) is 3.14. The molecule has 7 heteroatoms. The summed E-state index contributed by atoms with van der Waals surface area (Å²) < 4.78 is 28.0. The number of anilines is 2. The van der Waals surface area contributed by atoms with Gasteiger partial charge in [-0.15, -0.1) is 0 Å². The van der Waals surface area contributed by atoms with E-state index >= 15 is 0 Å². The second kappa shape index (κ2) is 8.37. The molecule has 0 aliphatic carbocycles.